The second-order valence-corrected chi connectivity index (χ2v) is 5.26. The maximum absolute atomic E-state index is 11.8. The Morgan fingerprint density at radius 1 is 1.14 bits per heavy atom. The molecule has 0 saturated heterocycles. The molecule has 0 saturated carbocycles. The zero-order valence-electron chi connectivity index (χ0n) is 14.9. The first kappa shape index (κ1) is 20.4. The van der Waals surface area contributed by atoms with Crippen molar-refractivity contribution in [3.63, 3.8) is 0 Å². The van der Waals surface area contributed by atoms with Crippen LogP contribution in [0.2, 0.25) is 0 Å². The number of amides is 1. The number of carbonyl (C=O) groups excluding carboxylic acids is 2. The molecule has 1 N–H and O–H groups in total. The van der Waals surface area contributed by atoms with Crippen molar-refractivity contribution in [2.45, 2.75) is 0 Å². The van der Waals surface area contributed by atoms with Crippen LogP contribution in [0.4, 0.5) is 11.4 Å². The summed E-state index contributed by atoms with van der Waals surface area (Å²) < 4.78 is 9.75. The summed E-state index contributed by atoms with van der Waals surface area (Å²) in [4.78, 5) is 38.4. The maximum Gasteiger partial charge on any atom is 0.347 e. The SMILES string of the molecule is COc1ccc(/C=N\OCC(=O)OCC(=O)Nc2ccccc2[N+](=O)[O-])cc1. The van der Waals surface area contributed by atoms with Gasteiger partial charge in [0.05, 0.1) is 18.2 Å². The number of benzene rings is 2. The van der Waals surface area contributed by atoms with Gasteiger partial charge in [-0.3, -0.25) is 14.9 Å². The van der Waals surface area contributed by atoms with Gasteiger partial charge in [-0.1, -0.05) is 17.3 Å². The van der Waals surface area contributed by atoms with E-state index in [-0.39, 0.29) is 11.4 Å². The van der Waals surface area contributed by atoms with Crippen LogP contribution in [0.5, 0.6) is 5.75 Å². The van der Waals surface area contributed by atoms with Crippen molar-refractivity contribution in [1.29, 1.82) is 0 Å². The lowest BCUT2D eigenvalue weighted by molar-refractivity contribution is -0.383. The van der Waals surface area contributed by atoms with Crippen molar-refractivity contribution in [2.75, 3.05) is 25.6 Å². The number of para-hydroxylation sites is 2. The van der Waals surface area contributed by atoms with Crippen LogP contribution in [-0.4, -0.2) is 43.3 Å². The fraction of sp³-hybridized carbons (Fsp3) is 0.167. The molecule has 0 atom stereocenters. The molecule has 0 unspecified atom stereocenters. The van der Waals surface area contributed by atoms with E-state index >= 15 is 0 Å². The Kier molecular flexibility index (Phi) is 7.46. The molecule has 0 aliphatic carbocycles. The zero-order chi connectivity index (χ0) is 20.4. The average Bonchev–Trinajstić information content (AvgIpc) is 2.70. The van der Waals surface area contributed by atoms with Crippen LogP contribution in [0, 0.1) is 10.1 Å². The lowest BCUT2D eigenvalue weighted by Gasteiger charge is -2.06. The Hall–Kier alpha value is -3.95. The average molecular weight is 387 g/mol. The van der Waals surface area contributed by atoms with Crippen molar-refractivity contribution in [2.24, 2.45) is 5.16 Å². The van der Waals surface area contributed by atoms with Gasteiger partial charge in [0.1, 0.15) is 11.4 Å². The summed E-state index contributed by atoms with van der Waals surface area (Å²) in [6, 6.07) is 12.6. The molecule has 0 aromatic heterocycles. The van der Waals surface area contributed by atoms with Gasteiger partial charge in [-0.05, 0) is 35.9 Å². The van der Waals surface area contributed by atoms with E-state index in [2.05, 4.69) is 10.5 Å². The highest BCUT2D eigenvalue weighted by Gasteiger charge is 2.15. The van der Waals surface area contributed by atoms with Gasteiger partial charge in [0.15, 0.2) is 6.61 Å². The molecule has 0 aliphatic rings. The molecule has 0 fully saturated rings. The molecule has 2 aromatic carbocycles. The fourth-order valence-corrected chi connectivity index (χ4v) is 1.99. The first-order valence-corrected chi connectivity index (χ1v) is 7.98. The molecule has 0 heterocycles. The van der Waals surface area contributed by atoms with Gasteiger partial charge in [-0.2, -0.15) is 0 Å². The van der Waals surface area contributed by atoms with E-state index in [1.165, 1.54) is 30.5 Å². The van der Waals surface area contributed by atoms with Gasteiger partial charge < -0.3 is 19.6 Å². The molecule has 10 nitrogen and oxygen atoms in total. The third-order valence-electron chi connectivity index (χ3n) is 3.31. The highest BCUT2D eigenvalue weighted by Crippen LogP contribution is 2.22. The van der Waals surface area contributed by atoms with E-state index in [0.29, 0.717) is 5.75 Å². The first-order valence-electron chi connectivity index (χ1n) is 7.98. The molecule has 1 amide bonds. The van der Waals surface area contributed by atoms with Gasteiger partial charge in [0.2, 0.25) is 6.61 Å². The highest BCUT2D eigenvalue weighted by molar-refractivity contribution is 5.94. The van der Waals surface area contributed by atoms with Crippen LogP contribution >= 0.6 is 0 Å². The Morgan fingerprint density at radius 2 is 1.86 bits per heavy atom. The minimum Gasteiger partial charge on any atom is -0.497 e. The minimum absolute atomic E-state index is 0.00823. The van der Waals surface area contributed by atoms with Crippen LogP contribution in [-0.2, 0) is 19.2 Å². The van der Waals surface area contributed by atoms with Crippen LogP contribution in [0.15, 0.2) is 53.7 Å². The molecule has 28 heavy (non-hydrogen) atoms. The number of nitrogens with one attached hydrogen (secondary N) is 1. The van der Waals surface area contributed by atoms with E-state index in [0.717, 1.165) is 5.56 Å². The van der Waals surface area contributed by atoms with E-state index in [1.54, 1.807) is 31.4 Å². The number of oxime groups is 1. The zero-order valence-corrected chi connectivity index (χ0v) is 14.9. The number of ether oxygens (including phenoxy) is 2. The number of rotatable bonds is 9. The first-order chi connectivity index (χ1) is 13.5. The van der Waals surface area contributed by atoms with Crippen molar-refractivity contribution >= 4 is 29.5 Å². The number of nitrogens with zero attached hydrogens (tertiary/aromatic N) is 2. The van der Waals surface area contributed by atoms with Gasteiger partial charge in [-0.25, -0.2) is 4.79 Å². The maximum atomic E-state index is 11.8. The lowest BCUT2D eigenvalue weighted by atomic mass is 10.2. The van der Waals surface area contributed by atoms with E-state index < -0.39 is 30.0 Å². The molecule has 0 radical (unpaired) electrons. The van der Waals surface area contributed by atoms with Gasteiger partial charge in [0, 0.05) is 6.07 Å². The van der Waals surface area contributed by atoms with E-state index in [9.17, 15) is 19.7 Å². The molecule has 0 spiro atoms. The standard InChI is InChI=1S/C18H17N3O7/c1-26-14-8-6-13(7-9-14)10-19-28-12-18(23)27-11-17(22)20-15-4-2-3-5-16(15)21(24)25/h2-10H,11-12H2,1H3,(H,20,22)/b19-10-. The molecule has 2 rings (SSSR count). The second-order valence-electron chi connectivity index (χ2n) is 5.26. The summed E-state index contributed by atoms with van der Waals surface area (Å²) in [6.45, 7) is -1.11. The van der Waals surface area contributed by atoms with Crippen LogP contribution < -0.4 is 10.1 Å². The summed E-state index contributed by atoms with van der Waals surface area (Å²) in [5.41, 5.74) is 0.477. The van der Waals surface area contributed by atoms with Crippen LogP contribution in [0.25, 0.3) is 0 Å². The summed E-state index contributed by atoms with van der Waals surface area (Å²) in [7, 11) is 1.55. The van der Waals surface area contributed by atoms with Gasteiger partial charge in [-0.15, -0.1) is 0 Å². The highest BCUT2D eigenvalue weighted by atomic mass is 16.7. The number of hydrogen-bond donors (Lipinski definition) is 1. The largest absolute Gasteiger partial charge is 0.497 e. The molecule has 0 bridgehead atoms. The summed E-state index contributed by atoms with van der Waals surface area (Å²) in [5, 5.41) is 16.8. The lowest BCUT2D eigenvalue weighted by Crippen LogP contribution is -2.22. The Balaban J connectivity index is 1.72. The van der Waals surface area contributed by atoms with Crippen molar-refractivity contribution in [3.8, 4) is 5.75 Å². The number of carbonyl (C=O) groups is 2. The topological polar surface area (TPSA) is 129 Å². The van der Waals surface area contributed by atoms with Crippen LogP contribution in [0.3, 0.4) is 0 Å². The summed E-state index contributed by atoms with van der Waals surface area (Å²) in [6.07, 6.45) is 1.40. The second kappa shape index (κ2) is 10.3. The van der Waals surface area contributed by atoms with Crippen molar-refractivity contribution < 1.29 is 28.8 Å². The number of anilines is 1. The predicted octanol–water partition coefficient (Wildman–Crippen LogP) is 2.14. The van der Waals surface area contributed by atoms with Crippen molar-refractivity contribution in [3.05, 3.63) is 64.2 Å². The molecule has 2 aromatic rings. The monoisotopic (exact) mass is 387 g/mol. The molecular weight excluding hydrogens is 370 g/mol. The number of hydrogen-bond acceptors (Lipinski definition) is 8. The molecular formula is C18H17N3O7. The van der Waals surface area contributed by atoms with Gasteiger partial charge in [0.25, 0.3) is 11.6 Å². The summed E-state index contributed by atoms with van der Waals surface area (Å²) in [5.74, 6) is -0.838. The predicted molar refractivity (Wildman–Crippen MR) is 99.2 cm³/mol. The van der Waals surface area contributed by atoms with E-state index in [4.69, 9.17) is 14.3 Å². The molecule has 146 valence electrons. The quantitative estimate of drug-likeness (QED) is 0.302. The third kappa shape index (κ3) is 6.41. The summed E-state index contributed by atoms with van der Waals surface area (Å²) >= 11 is 0. The normalized spacial score (nSPS) is 10.3. The minimum atomic E-state index is -0.815. The molecule has 0 aliphatic heterocycles. The Bertz CT molecular complexity index is 866. The number of esters is 1. The van der Waals surface area contributed by atoms with Gasteiger partial charge >= 0.3 is 5.97 Å². The molecule has 10 heteroatoms. The van der Waals surface area contributed by atoms with E-state index in [1.807, 2.05) is 0 Å². The smallest absolute Gasteiger partial charge is 0.347 e. The number of nitro benzene ring substituents is 1. The Morgan fingerprint density at radius 3 is 2.54 bits per heavy atom. The fourth-order valence-electron chi connectivity index (χ4n) is 1.99. The van der Waals surface area contributed by atoms with Crippen LogP contribution in [0.1, 0.15) is 5.56 Å². The third-order valence-corrected chi connectivity index (χ3v) is 3.31. The number of methoxy groups -OCH3 is 1. The Labute approximate surface area is 159 Å². The number of nitro groups is 1. The van der Waals surface area contributed by atoms with Crippen molar-refractivity contribution in [1.82, 2.24) is 0 Å².